The number of rotatable bonds is 20. The molecular formula is C50H109N5O6. The number of nitrogens with zero attached hydrogens (tertiary/aromatic N) is 2. The Balaban J connectivity index is -0.0000000877. The molecule has 1 aromatic rings. The van der Waals surface area contributed by atoms with Gasteiger partial charge in [0, 0.05) is 59.2 Å². The lowest BCUT2D eigenvalue weighted by atomic mass is 9.92. The van der Waals surface area contributed by atoms with Crippen molar-refractivity contribution in [1.82, 2.24) is 20.4 Å². The van der Waals surface area contributed by atoms with Crippen LogP contribution in [0.15, 0.2) is 30.3 Å². The van der Waals surface area contributed by atoms with Gasteiger partial charge in [0.05, 0.1) is 6.04 Å². The molecule has 11 heteroatoms. The van der Waals surface area contributed by atoms with Gasteiger partial charge in [0.2, 0.25) is 11.8 Å². The second-order valence-electron chi connectivity index (χ2n) is 14.0. The van der Waals surface area contributed by atoms with E-state index in [0.717, 1.165) is 64.9 Å². The molecule has 0 radical (unpaired) electrons. The monoisotopic (exact) mass is 876 g/mol. The van der Waals surface area contributed by atoms with Gasteiger partial charge in [0.15, 0.2) is 0 Å². The van der Waals surface area contributed by atoms with Crippen LogP contribution in [-0.2, 0) is 30.3 Å². The van der Waals surface area contributed by atoms with E-state index in [4.69, 9.17) is 5.11 Å². The lowest BCUT2D eigenvalue weighted by Crippen LogP contribution is -2.51. The van der Waals surface area contributed by atoms with E-state index in [9.17, 15) is 19.2 Å². The number of hydrogen-bond donors (Lipinski definition) is 4. The molecule has 0 fully saturated rings. The van der Waals surface area contributed by atoms with Crippen LogP contribution in [-0.4, -0.2) is 120 Å². The molecule has 5 atom stereocenters. The van der Waals surface area contributed by atoms with Crippen LogP contribution in [0, 0.1) is 23.7 Å². The van der Waals surface area contributed by atoms with E-state index < -0.39 is 0 Å². The highest BCUT2D eigenvalue weighted by Gasteiger charge is 2.30. The fraction of sp³-hybridized carbons (Fsp3) is 0.800. The van der Waals surface area contributed by atoms with Gasteiger partial charge in [-0.2, -0.15) is 0 Å². The number of carbonyl (C=O) groups excluding carboxylic acids is 4. The minimum atomic E-state index is -0.159. The summed E-state index contributed by atoms with van der Waals surface area (Å²) in [6, 6.07) is 10.5. The summed E-state index contributed by atoms with van der Waals surface area (Å²) in [4.78, 5) is 49.0. The molecule has 0 spiro atoms. The Bertz CT molecular complexity index is 954. The summed E-state index contributed by atoms with van der Waals surface area (Å²) >= 11 is 0. The predicted octanol–water partition coefficient (Wildman–Crippen LogP) is 9.97. The van der Waals surface area contributed by atoms with E-state index in [0.29, 0.717) is 24.7 Å². The molecule has 61 heavy (non-hydrogen) atoms. The van der Waals surface area contributed by atoms with Crippen LogP contribution in [0.3, 0.4) is 0 Å². The van der Waals surface area contributed by atoms with E-state index in [1.807, 2.05) is 127 Å². The maximum Gasteiger partial charge on any atom is 0.239 e. The molecular weight excluding hydrogens is 767 g/mol. The van der Waals surface area contributed by atoms with E-state index >= 15 is 0 Å². The third-order valence-electron chi connectivity index (χ3n) is 8.31. The smallest absolute Gasteiger partial charge is 0.239 e. The number of nitrogens with one attached hydrogen (secondary N) is 2. The number of hydrogen-bond acceptors (Lipinski definition) is 9. The molecule has 0 aliphatic rings. The highest BCUT2D eigenvalue weighted by Crippen LogP contribution is 2.20. The fourth-order valence-corrected chi connectivity index (χ4v) is 5.13. The minimum absolute atomic E-state index is 0.0718. The maximum absolute atomic E-state index is 12.5. The van der Waals surface area contributed by atoms with Crippen LogP contribution in [0.25, 0.3) is 0 Å². The normalized spacial score (nSPS) is 11.6. The van der Waals surface area contributed by atoms with Gasteiger partial charge >= 0.3 is 0 Å². The molecule has 1 aromatic carbocycles. The number of benzene rings is 1. The predicted molar refractivity (Wildman–Crippen MR) is 270 cm³/mol. The molecule has 0 saturated carbocycles. The van der Waals surface area contributed by atoms with Gasteiger partial charge in [-0.3, -0.25) is 9.59 Å². The number of aliphatic hydroxyl groups excluding tert-OH is 1. The second-order valence-corrected chi connectivity index (χ2v) is 14.0. The summed E-state index contributed by atoms with van der Waals surface area (Å²) in [6.07, 6.45) is 7.80. The topological polar surface area (TPSA) is 154 Å². The van der Waals surface area contributed by atoms with E-state index in [2.05, 4.69) is 72.9 Å². The van der Waals surface area contributed by atoms with Crippen molar-refractivity contribution in [3.05, 3.63) is 35.9 Å². The molecule has 0 saturated heterocycles. The Morgan fingerprint density at radius 2 is 1.25 bits per heavy atom. The van der Waals surface area contributed by atoms with E-state index in [-0.39, 0.29) is 41.8 Å². The Morgan fingerprint density at radius 1 is 0.787 bits per heavy atom. The molecule has 5 N–H and O–H groups in total. The number of aliphatic hydroxyl groups is 1. The highest BCUT2D eigenvalue weighted by atomic mass is 16.4. The average Bonchev–Trinajstić information content (AvgIpc) is 3.28. The maximum atomic E-state index is 12.5. The quantitative estimate of drug-likeness (QED) is 0.0938. The van der Waals surface area contributed by atoms with Gasteiger partial charge < -0.3 is 45.6 Å². The van der Waals surface area contributed by atoms with Crippen molar-refractivity contribution in [1.29, 1.82) is 0 Å². The summed E-state index contributed by atoms with van der Waals surface area (Å²) in [5.41, 5.74) is 5.76. The van der Waals surface area contributed by atoms with Gasteiger partial charge in [-0.15, -0.1) is 0 Å². The summed E-state index contributed by atoms with van der Waals surface area (Å²) in [7, 11) is 11.5. The summed E-state index contributed by atoms with van der Waals surface area (Å²) in [5, 5.41) is 13.2. The lowest BCUT2D eigenvalue weighted by Gasteiger charge is -2.35. The molecule has 0 aromatic heterocycles. The van der Waals surface area contributed by atoms with Crippen molar-refractivity contribution in [3.63, 3.8) is 0 Å². The first kappa shape index (κ1) is 78.8. The number of aldehydes is 2. The highest BCUT2D eigenvalue weighted by molar-refractivity contribution is 5.82. The summed E-state index contributed by atoms with van der Waals surface area (Å²) in [5.74, 6) is 1.55. The van der Waals surface area contributed by atoms with Crippen molar-refractivity contribution in [2.45, 2.75) is 181 Å². The number of likely N-dealkylation sites (N-methyl/N-ethyl adjacent to an activating group) is 2. The van der Waals surface area contributed by atoms with Crippen molar-refractivity contribution in [2.24, 2.45) is 29.4 Å². The Labute approximate surface area is 381 Å². The van der Waals surface area contributed by atoms with Crippen molar-refractivity contribution in [2.75, 3.05) is 62.6 Å². The zero-order valence-electron chi connectivity index (χ0n) is 44.9. The molecule has 1 rings (SSSR count). The molecule has 4 unspecified atom stereocenters. The van der Waals surface area contributed by atoms with Crippen LogP contribution in [0.1, 0.15) is 162 Å². The third kappa shape index (κ3) is 55.3. The van der Waals surface area contributed by atoms with Crippen LogP contribution >= 0.6 is 0 Å². The van der Waals surface area contributed by atoms with Crippen LogP contribution in [0.5, 0.6) is 0 Å². The second kappa shape index (κ2) is 66.4. The Kier molecular flexibility index (Phi) is 85.7. The zero-order chi connectivity index (χ0) is 50.4. The first-order valence-electron chi connectivity index (χ1n) is 23.4. The third-order valence-corrected chi connectivity index (χ3v) is 8.31. The van der Waals surface area contributed by atoms with E-state index in [1.165, 1.54) is 12.6 Å². The largest absolute Gasteiger partial charge is 0.400 e. The van der Waals surface area contributed by atoms with Crippen LogP contribution in [0.2, 0.25) is 0 Å². The van der Waals surface area contributed by atoms with Gasteiger partial charge in [0.25, 0.3) is 0 Å². The molecule has 0 aliphatic carbocycles. The van der Waals surface area contributed by atoms with Crippen molar-refractivity contribution in [3.8, 4) is 0 Å². The summed E-state index contributed by atoms with van der Waals surface area (Å²) < 4.78 is 4.25. The molecule has 370 valence electrons. The van der Waals surface area contributed by atoms with Crippen LogP contribution in [0.4, 0.5) is 0 Å². The van der Waals surface area contributed by atoms with Crippen molar-refractivity contribution < 1.29 is 29.0 Å². The van der Waals surface area contributed by atoms with Crippen LogP contribution < -0.4 is 16.4 Å². The molecule has 0 bridgehead atoms. The lowest BCUT2D eigenvalue weighted by molar-refractivity contribution is -0.136. The first-order chi connectivity index (χ1) is 29.1. The number of methoxy groups -OCH3 is 1. The zero-order valence-corrected chi connectivity index (χ0v) is 44.9. The van der Waals surface area contributed by atoms with Gasteiger partial charge in [-0.25, -0.2) is 0 Å². The number of amides is 2. The average molecular weight is 876 g/mol. The molecule has 0 aliphatic heterocycles. The standard InChI is InChI=1S/C18H30N2O.C15H30N2O2.C5H10O.C2H6O.4C2H6.CH5N.CH4O/c1-5-12-20(4)13-11-15(2)18(21)19-16(3)14-17-9-7-6-8-10-17;1-7-12(4)13(9-8-10-18)17(6)15(19)14(16-5)11(2)3;1-5(2)3-4-6;1-3-2;6*1-2/h6-10,15-16H,5,11-14H2,1-4H3,(H,19,21);10-14,16H,7-9H2,1-6H3;4-5H,3H2,1-2H3;1-2H3;4*1-2H3;2H2,1H3;2H,1H3/t;12?,13-,14?;;;;;;;;/m.1......../s1. The Morgan fingerprint density at radius 3 is 1.57 bits per heavy atom. The molecule has 2 amide bonds. The number of ether oxygens (including phenoxy) is 1. The Hall–Kier alpha value is -2.70. The SMILES string of the molecule is CC.CC.CC.CC.CC(C)CC=O.CCC(C)[C@@H](CCC=O)N(C)C(=O)C(NC)C(C)C.CCCN(C)CCC(C)C(=O)NC(C)Cc1ccccc1.CN.CO.COC. The van der Waals surface area contributed by atoms with E-state index in [1.54, 1.807) is 14.2 Å². The fourth-order valence-electron chi connectivity index (χ4n) is 5.13. The first-order valence-corrected chi connectivity index (χ1v) is 23.4. The number of nitrogens with two attached hydrogens (primary N) is 1. The van der Waals surface area contributed by atoms with Crippen molar-refractivity contribution >= 4 is 24.4 Å². The number of carbonyl (C=O) groups is 4. The van der Waals surface area contributed by atoms with Gasteiger partial charge in [-0.1, -0.05) is 148 Å². The summed E-state index contributed by atoms with van der Waals surface area (Å²) in [6.45, 7) is 36.7. The van der Waals surface area contributed by atoms with Gasteiger partial charge in [-0.05, 0) is 90.2 Å². The minimum Gasteiger partial charge on any atom is -0.400 e. The molecule has 11 nitrogen and oxygen atoms in total. The van der Waals surface area contributed by atoms with Gasteiger partial charge in [0.1, 0.15) is 12.6 Å². The molecule has 0 heterocycles.